The first-order chi connectivity index (χ1) is 12.5. The summed E-state index contributed by atoms with van der Waals surface area (Å²) in [6.45, 7) is 2.70. The Morgan fingerprint density at radius 3 is 2.96 bits per heavy atom. The third-order valence-electron chi connectivity index (χ3n) is 5.52. The first kappa shape index (κ1) is 17.5. The third kappa shape index (κ3) is 3.13. The van der Waals surface area contributed by atoms with Crippen molar-refractivity contribution in [3.63, 3.8) is 0 Å². The Labute approximate surface area is 161 Å². The van der Waals surface area contributed by atoms with Gasteiger partial charge in [0.1, 0.15) is 5.56 Å². The number of nitrogens with one attached hydrogen (secondary N) is 1. The highest BCUT2D eigenvalue weighted by atomic mass is 79.9. The number of carbonyl (C=O) groups excluding carboxylic acids is 1. The number of pyridine rings is 1. The number of rotatable bonds is 4. The number of carbonyl (C=O) groups is 1. The van der Waals surface area contributed by atoms with Crippen molar-refractivity contribution in [2.24, 2.45) is 0 Å². The second kappa shape index (κ2) is 7.03. The summed E-state index contributed by atoms with van der Waals surface area (Å²) in [6, 6.07) is 4.15. The van der Waals surface area contributed by atoms with E-state index in [1.165, 1.54) is 18.4 Å². The van der Waals surface area contributed by atoms with Gasteiger partial charge in [-0.3, -0.25) is 9.59 Å². The van der Waals surface area contributed by atoms with Crippen LogP contribution in [0.15, 0.2) is 39.2 Å². The van der Waals surface area contributed by atoms with Crippen molar-refractivity contribution in [1.29, 1.82) is 0 Å². The number of benzene rings is 1. The molecule has 0 bridgehead atoms. The maximum absolute atomic E-state index is 12.9. The van der Waals surface area contributed by atoms with Gasteiger partial charge in [0.05, 0.1) is 5.52 Å². The zero-order chi connectivity index (χ0) is 18.3. The van der Waals surface area contributed by atoms with Crippen LogP contribution in [-0.2, 0) is 6.42 Å². The first-order valence-corrected chi connectivity index (χ1v) is 10.2. The van der Waals surface area contributed by atoms with E-state index in [9.17, 15) is 9.59 Å². The fourth-order valence-corrected chi connectivity index (χ4v) is 4.69. The summed E-state index contributed by atoms with van der Waals surface area (Å²) in [5, 5.41) is 3.57. The number of hydrogen-bond donors (Lipinski definition) is 1. The van der Waals surface area contributed by atoms with Gasteiger partial charge in [-0.05, 0) is 63.1 Å². The van der Waals surface area contributed by atoms with E-state index >= 15 is 0 Å². The topological polar surface area (TPSA) is 51.1 Å². The highest BCUT2D eigenvalue weighted by Crippen LogP contribution is 2.33. The molecule has 2 aliphatic rings. The highest BCUT2D eigenvalue weighted by molar-refractivity contribution is 9.10. The Bertz CT molecular complexity index is 974. The average Bonchev–Trinajstić information content (AvgIpc) is 2.94. The summed E-state index contributed by atoms with van der Waals surface area (Å²) >= 11 is 3.49. The van der Waals surface area contributed by atoms with Gasteiger partial charge < -0.3 is 9.88 Å². The third-order valence-corrected chi connectivity index (χ3v) is 5.98. The fraction of sp³-hybridized carbons (Fsp3) is 0.429. The molecule has 1 aliphatic carbocycles. The van der Waals surface area contributed by atoms with E-state index in [-0.39, 0.29) is 22.9 Å². The lowest BCUT2D eigenvalue weighted by molar-refractivity contribution is 0.0952. The lowest BCUT2D eigenvalue weighted by Gasteiger charge is -2.14. The first-order valence-electron chi connectivity index (χ1n) is 9.38. The molecule has 2 aromatic rings. The summed E-state index contributed by atoms with van der Waals surface area (Å²) in [4.78, 5) is 25.6. The van der Waals surface area contributed by atoms with Crippen molar-refractivity contribution in [2.45, 2.75) is 51.5 Å². The Balaban J connectivity index is 1.61. The van der Waals surface area contributed by atoms with Crippen molar-refractivity contribution in [3.8, 4) is 0 Å². The molecule has 26 heavy (non-hydrogen) atoms. The van der Waals surface area contributed by atoms with Gasteiger partial charge in [-0.2, -0.15) is 0 Å². The molecule has 1 atom stereocenters. The Hall–Kier alpha value is -1.88. The van der Waals surface area contributed by atoms with Crippen LogP contribution < -0.4 is 10.7 Å². The molecule has 1 amide bonds. The van der Waals surface area contributed by atoms with Gasteiger partial charge in [-0.15, -0.1) is 0 Å². The van der Waals surface area contributed by atoms with Crippen LogP contribution in [0.2, 0.25) is 0 Å². The zero-order valence-corrected chi connectivity index (χ0v) is 16.6. The quantitative estimate of drug-likeness (QED) is 0.748. The van der Waals surface area contributed by atoms with Crippen molar-refractivity contribution in [2.75, 3.05) is 6.54 Å². The van der Waals surface area contributed by atoms with Crippen molar-refractivity contribution >= 4 is 32.7 Å². The minimum Gasteiger partial charge on any atom is -0.352 e. The summed E-state index contributed by atoms with van der Waals surface area (Å²) in [5.74, 6) is -0.266. The Morgan fingerprint density at radius 2 is 2.19 bits per heavy atom. The molecule has 0 saturated carbocycles. The summed E-state index contributed by atoms with van der Waals surface area (Å²) in [6.07, 6.45) is 10.6. The Morgan fingerprint density at radius 1 is 1.35 bits per heavy atom. The van der Waals surface area contributed by atoms with Crippen molar-refractivity contribution < 1.29 is 4.79 Å². The molecule has 1 aliphatic heterocycles. The molecule has 1 aromatic carbocycles. The molecule has 0 unspecified atom stereocenters. The second-order valence-corrected chi connectivity index (χ2v) is 8.32. The van der Waals surface area contributed by atoms with Gasteiger partial charge in [0.2, 0.25) is 5.43 Å². The number of aromatic nitrogens is 1. The smallest absolute Gasteiger partial charge is 0.256 e. The van der Waals surface area contributed by atoms with Crippen LogP contribution in [0.4, 0.5) is 0 Å². The van der Waals surface area contributed by atoms with Gasteiger partial charge >= 0.3 is 0 Å². The van der Waals surface area contributed by atoms with Crippen molar-refractivity contribution in [3.05, 3.63) is 55.8 Å². The average molecular weight is 415 g/mol. The van der Waals surface area contributed by atoms with E-state index < -0.39 is 0 Å². The summed E-state index contributed by atoms with van der Waals surface area (Å²) in [7, 11) is 0. The molecule has 4 rings (SSSR count). The minimum atomic E-state index is -0.266. The van der Waals surface area contributed by atoms with E-state index in [0.29, 0.717) is 11.9 Å². The monoisotopic (exact) mass is 414 g/mol. The summed E-state index contributed by atoms with van der Waals surface area (Å²) < 4.78 is 2.97. The van der Waals surface area contributed by atoms with Crippen LogP contribution in [0.5, 0.6) is 0 Å². The molecule has 136 valence electrons. The van der Waals surface area contributed by atoms with Crippen LogP contribution >= 0.6 is 15.9 Å². The van der Waals surface area contributed by atoms with E-state index in [4.69, 9.17) is 0 Å². The maximum atomic E-state index is 12.9. The minimum absolute atomic E-state index is 0.178. The van der Waals surface area contributed by atoms with Crippen molar-refractivity contribution in [1.82, 2.24) is 9.88 Å². The predicted molar refractivity (Wildman–Crippen MR) is 108 cm³/mol. The number of hydrogen-bond acceptors (Lipinski definition) is 2. The lowest BCUT2D eigenvalue weighted by atomic mass is 9.97. The van der Waals surface area contributed by atoms with Gasteiger partial charge in [0.15, 0.2) is 0 Å². The number of nitrogens with zero attached hydrogens (tertiary/aromatic N) is 1. The molecular weight excluding hydrogens is 392 g/mol. The predicted octanol–water partition coefficient (Wildman–Crippen LogP) is 4.50. The van der Waals surface area contributed by atoms with Gasteiger partial charge in [0, 0.05) is 28.6 Å². The van der Waals surface area contributed by atoms with E-state index in [1.807, 2.05) is 6.07 Å². The molecule has 5 heteroatoms. The molecule has 0 fully saturated rings. The molecular formula is C21H23BrN2O2. The standard InChI is InChI=1S/C21H23BrN2O2/c1-13-9-15-10-16(22)11-17-19(15)24(13)12-18(20(17)25)21(26)23-8-7-14-5-3-2-4-6-14/h5,10-13H,2-4,6-9H2,1H3,(H,23,26)/t13-/m1/s1. The molecule has 2 heterocycles. The van der Waals surface area contributed by atoms with Crippen LogP contribution in [0.25, 0.3) is 10.9 Å². The molecule has 0 saturated heterocycles. The Kier molecular flexibility index (Phi) is 4.74. The molecule has 0 spiro atoms. The number of amides is 1. The van der Waals surface area contributed by atoms with Gasteiger partial charge in [-0.1, -0.05) is 27.6 Å². The second-order valence-electron chi connectivity index (χ2n) is 7.41. The molecule has 1 N–H and O–H groups in total. The van der Waals surface area contributed by atoms with E-state index in [0.717, 1.165) is 41.2 Å². The van der Waals surface area contributed by atoms with Gasteiger partial charge in [0.25, 0.3) is 5.91 Å². The van der Waals surface area contributed by atoms with Crippen LogP contribution in [0.3, 0.4) is 0 Å². The molecule has 4 nitrogen and oxygen atoms in total. The maximum Gasteiger partial charge on any atom is 0.256 e. The summed E-state index contributed by atoms with van der Waals surface area (Å²) in [5.41, 5.74) is 3.62. The van der Waals surface area contributed by atoms with Gasteiger partial charge in [-0.25, -0.2) is 0 Å². The van der Waals surface area contributed by atoms with E-state index in [1.54, 1.807) is 6.20 Å². The zero-order valence-electron chi connectivity index (χ0n) is 15.0. The fourth-order valence-electron chi connectivity index (χ4n) is 4.19. The van der Waals surface area contributed by atoms with E-state index in [2.05, 4.69) is 44.9 Å². The lowest BCUT2D eigenvalue weighted by Crippen LogP contribution is -2.30. The SMILES string of the molecule is C[C@@H]1Cc2cc(Br)cc3c(=O)c(C(=O)NCCC4=CCCCC4)cn1c23. The normalized spacial score (nSPS) is 18.8. The number of allylic oxidation sites excluding steroid dienone is 1. The number of halogens is 1. The van der Waals surface area contributed by atoms with Crippen LogP contribution in [0, 0.1) is 0 Å². The largest absolute Gasteiger partial charge is 0.352 e. The van der Waals surface area contributed by atoms with Crippen LogP contribution in [-0.4, -0.2) is 17.0 Å². The highest BCUT2D eigenvalue weighted by Gasteiger charge is 2.25. The molecule has 1 aromatic heterocycles. The molecule has 0 radical (unpaired) electrons. The van der Waals surface area contributed by atoms with Crippen LogP contribution in [0.1, 0.15) is 61.0 Å².